The number of para-hydroxylation sites is 1. The SMILES string of the molecule is NCC[C@H](N)c1cccc(Cl)c1O. The molecule has 13 heavy (non-hydrogen) atoms. The zero-order valence-electron chi connectivity index (χ0n) is 7.20. The second-order valence-electron chi connectivity index (χ2n) is 2.86. The summed E-state index contributed by atoms with van der Waals surface area (Å²) < 4.78 is 0. The van der Waals surface area contributed by atoms with Crippen LogP contribution in [0.4, 0.5) is 0 Å². The van der Waals surface area contributed by atoms with E-state index in [1.165, 1.54) is 0 Å². The Labute approximate surface area is 82.3 Å². The fourth-order valence-corrected chi connectivity index (χ4v) is 1.35. The van der Waals surface area contributed by atoms with Crippen LogP contribution < -0.4 is 11.5 Å². The molecule has 72 valence electrons. The fraction of sp³-hybridized carbons (Fsp3) is 0.333. The first-order valence-corrected chi connectivity index (χ1v) is 4.47. The highest BCUT2D eigenvalue weighted by Crippen LogP contribution is 2.31. The predicted octanol–water partition coefficient (Wildman–Crippen LogP) is 1.39. The van der Waals surface area contributed by atoms with Crippen molar-refractivity contribution in [2.75, 3.05) is 6.54 Å². The number of rotatable bonds is 3. The molecule has 0 aliphatic heterocycles. The third kappa shape index (κ3) is 2.34. The summed E-state index contributed by atoms with van der Waals surface area (Å²) in [5, 5.41) is 9.87. The fourth-order valence-electron chi connectivity index (χ4n) is 1.17. The Bertz CT molecular complexity index is 291. The lowest BCUT2D eigenvalue weighted by Gasteiger charge is -2.12. The van der Waals surface area contributed by atoms with Crippen LogP contribution in [0.25, 0.3) is 0 Å². The van der Waals surface area contributed by atoms with Gasteiger partial charge in [-0.05, 0) is 19.0 Å². The lowest BCUT2D eigenvalue weighted by atomic mass is 10.0. The van der Waals surface area contributed by atoms with Crippen LogP contribution in [0.2, 0.25) is 5.02 Å². The number of nitrogens with two attached hydrogens (primary N) is 2. The first-order chi connectivity index (χ1) is 6.16. The average Bonchev–Trinajstić information content (AvgIpc) is 2.10. The summed E-state index contributed by atoms with van der Waals surface area (Å²) in [6.45, 7) is 0.493. The van der Waals surface area contributed by atoms with Crippen molar-refractivity contribution in [1.29, 1.82) is 0 Å². The molecule has 0 bridgehead atoms. The Morgan fingerprint density at radius 2 is 2.15 bits per heavy atom. The molecule has 0 aliphatic rings. The highest BCUT2D eigenvalue weighted by Gasteiger charge is 2.11. The quantitative estimate of drug-likeness (QED) is 0.691. The molecule has 1 aromatic rings. The largest absolute Gasteiger partial charge is 0.506 e. The van der Waals surface area contributed by atoms with E-state index < -0.39 is 0 Å². The molecule has 1 aromatic carbocycles. The van der Waals surface area contributed by atoms with Crippen molar-refractivity contribution < 1.29 is 5.11 Å². The number of hydrogen-bond donors (Lipinski definition) is 3. The van der Waals surface area contributed by atoms with Crippen molar-refractivity contribution in [2.45, 2.75) is 12.5 Å². The van der Waals surface area contributed by atoms with Crippen molar-refractivity contribution in [1.82, 2.24) is 0 Å². The number of hydrogen-bond acceptors (Lipinski definition) is 3. The number of phenols is 1. The third-order valence-corrected chi connectivity index (χ3v) is 2.20. The van der Waals surface area contributed by atoms with Crippen LogP contribution in [0.3, 0.4) is 0 Å². The Morgan fingerprint density at radius 3 is 2.77 bits per heavy atom. The predicted molar refractivity (Wildman–Crippen MR) is 53.7 cm³/mol. The van der Waals surface area contributed by atoms with Gasteiger partial charge in [0.25, 0.3) is 0 Å². The molecule has 0 unspecified atom stereocenters. The highest BCUT2D eigenvalue weighted by atomic mass is 35.5. The molecule has 0 spiro atoms. The smallest absolute Gasteiger partial charge is 0.138 e. The van der Waals surface area contributed by atoms with E-state index in [9.17, 15) is 5.11 Å². The van der Waals surface area contributed by atoms with E-state index in [1.54, 1.807) is 18.2 Å². The van der Waals surface area contributed by atoms with Crippen LogP contribution in [-0.2, 0) is 0 Å². The van der Waals surface area contributed by atoms with Gasteiger partial charge in [0.2, 0.25) is 0 Å². The lowest BCUT2D eigenvalue weighted by molar-refractivity contribution is 0.459. The molecule has 1 atom stereocenters. The van der Waals surface area contributed by atoms with Gasteiger partial charge >= 0.3 is 0 Å². The number of phenolic OH excluding ortho intramolecular Hbond substituents is 1. The maximum absolute atomic E-state index is 9.54. The maximum atomic E-state index is 9.54. The van der Waals surface area contributed by atoms with Crippen LogP contribution in [0.5, 0.6) is 5.75 Å². The minimum atomic E-state index is -0.247. The second-order valence-corrected chi connectivity index (χ2v) is 3.27. The van der Waals surface area contributed by atoms with Crippen molar-refractivity contribution in [3.63, 3.8) is 0 Å². The minimum absolute atomic E-state index is 0.0603. The van der Waals surface area contributed by atoms with Gasteiger partial charge in [0, 0.05) is 11.6 Å². The summed E-state index contributed by atoms with van der Waals surface area (Å²) in [5.41, 5.74) is 11.8. The van der Waals surface area contributed by atoms with Crippen LogP contribution in [-0.4, -0.2) is 11.7 Å². The molecular weight excluding hydrogens is 188 g/mol. The van der Waals surface area contributed by atoms with Gasteiger partial charge < -0.3 is 16.6 Å². The highest BCUT2D eigenvalue weighted by molar-refractivity contribution is 6.32. The molecule has 0 saturated heterocycles. The van der Waals surface area contributed by atoms with Gasteiger partial charge in [-0.3, -0.25) is 0 Å². The van der Waals surface area contributed by atoms with Crippen LogP contribution in [0.1, 0.15) is 18.0 Å². The first-order valence-electron chi connectivity index (χ1n) is 4.10. The maximum Gasteiger partial charge on any atom is 0.138 e. The molecule has 0 radical (unpaired) electrons. The van der Waals surface area contributed by atoms with Gasteiger partial charge in [-0.1, -0.05) is 23.7 Å². The zero-order valence-corrected chi connectivity index (χ0v) is 7.96. The molecule has 0 aromatic heterocycles. The van der Waals surface area contributed by atoms with Crippen molar-refractivity contribution in [3.05, 3.63) is 28.8 Å². The van der Waals surface area contributed by atoms with E-state index in [-0.39, 0.29) is 11.8 Å². The Kier molecular flexibility index (Phi) is 3.54. The lowest BCUT2D eigenvalue weighted by Crippen LogP contribution is -2.15. The van der Waals surface area contributed by atoms with Gasteiger partial charge in [-0.2, -0.15) is 0 Å². The van der Waals surface area contributed by atoms with Gasteiger partial charge in [-0.25, -0.2) is 0 Å². The van der Waals surface area contributed by atoms with Gasteiger partial charge in [0.15, 0.2) is 0 Å². The van der Waals surface area contributed by atoms with Crippen molar-refractivity contribution in [3.8, 4) is 5.75 Å². The second kappa shape index (κ2) is 4.46. The Hall–Kier alpha value is -0.770. The standard InChI is InChI=1S/C9H13ClN2O/c10-7-3-1-2-6(9(7)13)8(12)4-5-11/h1-3,8,13H,4-5,11-12H2/t8-/m0/s1. The summed E-state index contributed by atoms with van der Waals surface area (Å²) >= 11 is 5.72. The molecule has 3 nitrogen and oxygen atoms in total. The van der Waals surface area contributed by atoms with Crippen molar-refractivity contribution >= 4 is 11.6 Å². The van der Waals surface area contributed by atoms with Gasteiger partial charge in [0.05, 0.1) is 5.02 Å². The van der Waals surface area contributed by atoms with E-state index in [1.807, 2.05) is 0 Å². The van der Waals surface area contributed by atoms with Crippen LogP contribution >= 0.6 is 11.6 Å². The number of halogens is 1. The van der Waals surface area contributed by atoms with E-state index >= 15 is 0 Å². The molecule has 0 aliphatic carbocycles. The van der Waals surface area contributed by atoms with Gasteiger partial charge in [0.1, 0.15) is 5.75 Å². The monoisotopic (exact) mass is 200 g/mol. The molecule has 1 rings (SSSR count). The van der Waals surface area contributed by atoms with Gasteiger partial charge in [-0.15, -0.1) is 0 Å². The van der Waals surface area contributed by atoms with Crippen molar-refractivity contribution in [2.24, 2.45) is 11.5 Å². The summed E-state index contributed by atoms with van der Waals surface area (Å²) in [5.74, 6) is 0.0603. The molecule has 0 amide bonds. The molecule has 0 heterocycles. The van der Waals surface area contributed by atoms with E-state index in [2.05, 4.69) is 0 Å². The molecule has 0 fully saturated rings. The average molecular weight is 201 g/mol. The zero-order chi connectivity index (χ0) is 9.84. The summed E-state index contributed by atoms with van der Waals surface area (Å²) in [7, 11) is 0. The van der Waals surface area contributed by atoms with Crippen LogP contribution in [0, 0.1) is 0 Å². The summed E-state index contributed by atoms with van der Waals surface area (Å²) in [6.07, 6.45) is 0.633. The Morgan fingerprint density at radius 1 is 1.46 bits per heavy atom. The molecule has 5 N–H and O–H groups in total. The van der Waals surface area contributed by atoms with E-state index in [0.717, 1.165) is 0 Å². The molecular formula is C9H13ClN2O. The number of aromatic hydroxyl groups is 1. The van der Waals surface area contributed by atoms with E-state index in [0.29, 0.717) is 23.6 Å². The van der Waals surface area contributed by atoms with Crippen LogP contribution in [0.15, 0.2) is 18.2 Å². The topological polar surface area (TPSA) is 72.3 Å². The first kappa shape index (κ1) is 10.3. The minimum Gasteiger partial charge on any atom is -0.506 e. The summed E-state index contributed by atoms with van der Waals surface area (Å²) in [4.78, 5) is 0. The number of benzene rings is 1. The summed E-state index contributed by atoms with van der Waals surface area (Å²) in [6, 6.07) is 4.88. The Balaban J connectivity index is 2.93. The van der Waals surface area contributed by atoms with E-state index in [4.69, 9.17) is 23.1 Å². The third-order valence-electron chi connectivity index (χ3n) is 1.90. The molecule has 4 heteroatoms. The molecule has 0 saturated carbocycles. The normalized spacial score (nSPS) is 12.8.